The predicted octanol–water partition coefficient (Wildman–Crippen LogP) is 4.28. The largest absolute Gasteiger partial charge is 0.326 e. The van der Waals surface area contributed by atoms with E-state index in [0.29, 0.717) is 15.7 Å². The van der Waals surface area contributed by atoms with Crippen molar-refractivity contribution >= 4 is 46.7 Å². The molecule has 2 aromatic carbocycles. The van der Waals surface area contributed by atoms with Crippen molar-refractivity contribution in [2.45, 2.75) is 44.7 Å². The molecule has 4 amide bonds. The van der Waals surface area contributed by atoms with E-state index in [0.717, 1.165) is 29.7 Å². The van der Waals surface area contributed by atoms with Gasteiger partial charge in [0.05, 0.1) is 10.7 Å². The highest BCUT2D eigenvalue weighted by molar-refractivity contribution is 6.35. The Morgan fingerprint density at radius 3 is 2.63 bits per heavy atom. The lowest BCUT2D eigenvalue weighted by atomic mass is 9.89. The quantitative estimate of drug-likeness (QED) is 0.689. The van der Waals surface area contributed by atoms with E-state index in [4.69, 9.17) is 23.2 Å². The molecule has 2 atom stereocenters. The van der Waals surface area contributed by atoms with Gasteiger partial charge in [-0.25, -0.2) is 9.69 Å². The van der Waals surface area contributed by atoms with Gasteiger partial charge in [-0.1, -0.05) is 41.4 Å². The minimum Gasteiger partial charge on any atom is -0.323 e. The third-order valence-electron chi connectivity index (χ3n) is 5.85. The zero-order chi connectivity index (χ0) is 21.6. The van der Waals surface area contributed by atoms with Crippen LogP contribution in [0.4, 0.5) is 10.5 Å². The standard InChI is InChI=1S/C22H21Cl2N3O3/c1-12(19(28)25-18-11-16(23)8-9-17(18)24)27-20(29)22(2,26-21(27)30)15-7-6-13-4-3-5-14(13)10-15/h6-12H,3-5H2,1-2H3,(H,25,28)(H,26,30)/t12-,22+/m0/s1. The summed E-state index contributed by atoms with van der Waals surface area (Å²) in [6, 6.07) is 8.90. The number of carbonyl (C=O) groups is 3. The van der Waals surface area contributed by atoms with Gasteiger partial charge in [-0.3, -0.25) is 9.59 Å². The van der Waals surface area contributed by atoms with Gasteiger partial charge in [0.15, 0.2) is 0 Å². The van der Waals surface area contributed by atoms with E-state index in [1.165, 1.54) is 24.1 Å². The molecule has 0 radical (unpaired) electrons. The molecule has 0 aromatic heterocycles. The number of halogens is 2. The summed E-state index contributed by atoms with van der Waals surface area (Å²) in [6.45, 7) is 3.17. The van der Waals surface area contributed by atoms with Crippen LogP contribution in [0.1, 0.15) is 37.0 Å². The van der Waals surface area contributed by atoms with Gasteiger partial charge in [-0.2, -0.15) is 0 Å². The number of hydrogen-bond acceptors (Lipinski definition) is 3. The molecule has 1 saturated heterocycles. The maximum absolute atomic E-state index is 13.3. The molecular weight excluding hydrogens is 425 g/mol. The number of urea groups is 1. The SMILES string of the molecule is C[C@@H](C(=O)Nc1cc(Cl)ccc1Cl)N1C(=O)N[C@](C)(c2ccc3c(c2)CCC3)C1=O. The van der Waals surface area contributed by atoms with Crippen LogP contribution in [0.3, 0.4) is 0 Å². The molecule has 0 saturated carbocycles. The predicted molar refractivity (Wildman–Crippen MR) is 116 cm³/mol. The average molecular weight is 446 g/mol. The molecule has 156 valence electrons. The van der Waals surface area contributed by atoms with Crippen molar-refractivity contribution in [2.75, 3.05) is 5.32 Å². The minimum atomic E-state index is -1.23. The highest BCUT2D eigenvalue weighted by Gasteiger charge is 2.52. The molecule has 1 fully saturated rings. The third kappa shape index (κ3) is 3.44. The van der Waals surface area contributed by atoms with E-state index in [1.807, 2.05) is 18.2 Å². The summed E-state index contributed by atoms with van der Waals surface area (Å²) < 4.78 is 0. The number of anilines is 1. The Hall–Kier alpha value is -2.57. The van der Waals surface area contributed by atoms with E-state index in [-0.39, 0.29) is 0 Å². The zero-order valence-electron chi connectivity index (χ0n) is 16.6. The number of rotatable bonds is 4. The first-order chi connectivity index (χ1) is 14.2. The maximum Gasteiger partial charge on any atom is 0.326 e. The van der Waals surface area contributed by atoms with Crippen molar-refractivity contribution in [2.24, 2.45) is 0 Å². The van der Waals surface area contributed by atoms with Crippen LogP contribution < -0.4 is 10.6 Å². The lowest BCUT2D eigenvalue weighted by Crippen LogP contribution is -2.47. The highest BCUT2D eigenvalue weighted by Crippen LogP contribution is 2.34. The molecule has 0 bridgehead atoms. The van der Waals surface area contributed by atoms with Crippen molar-refractivity contribution in [3.8, 4) is 0 Å². The summed E-state index contributed by atoms with van der Waals surface area (Å²) in [4.78, 5) is 39.7. The Kier molecular flexibility index (Phi) is 5.24. The minimum absolute atomic E-state index is 0.306. The number of imide groups is 1. The Labute approximate surface area is 184 Å². The number of aryl methyl sites for hydroxylation is 2. The van der Waals surface area contributed by atoms with Gasteiger partial charge in [0.2, 0.25) is 5.91 Å². The zero-order valence-corrected chi connectivity index (χ0v) is 18.1. The second-order valence-corrected chi connectivity index (χ2v) is 8.70. The lowest BCUT2D eigenvalue weighted by molar-refractivity contribution is -0.136. The summed E-state index contributed by atoms with van der Waals surface area (Å²) in [5, 5.41) is 6.12. The number of fused-ring (bicyclic) bond motifs is 1. The van der Waals surface area contributed by atoms with E-state index < -0.39 is 29.4 Å². The number of benzene rings is 2. The fourth-order valence-electron chi connectivity index (χ4n) is 4.04. The number of carbonyl (C=O) groups excluding carboxylic acids is 3. The number of amides is 4. The lowest BCUT2D eigenvalue weighted by Gasteiger charge is -2.25. The number of nitrogens with one attached hydrogen (secondary N) is 2. The van der Waals surface area contributed by atoms with Crippen molar-refractivity contribution in [3.63, 3.8) is 0 Å². The summed E-state index contributed by atoms with van der Waals surface area (Å²) >= 11 is 12.1. The molecule has 8 heteroatoms. The Balaban J connectivity index is 1.57. The van der Waals surface area contributed by atoms with Gasteiger partial charge < -0.3 is 10.6 Å². The molecule has 0 unspecified atom stereocenters. The van der Waals surface area contributed by atoms with Crippen LogP contribution in [0.5, 0.6) is 0 Å². The first kappa shape index (κ1) is 20.7. The van der Waals surface area contributed by atoms with Crippen LogP contribution in [0.25, 0.3) is 0 Å². The molecule has 6 nitrogen and oxygen atoms in total. The van der Waals surface area contributed by atoms with Crippen LogP contribution in [0, 0.1) is 0 Å². The molecule has 1 aliphatic heterocycles. The van der Waals surface area contributed by atoms with Gasteiger partial charge in [0.25, 0.3) is 5.91 Å². The molecule has 2 aliphatic rings. The molecule has 1 heterocycles. The van der Waals surface area contributed by atoms with Crippen LogP contribution >= 0.6 is 23.2 Å². The second-order valence-electron chi connectivity index (χ2n) is 7.86. The smallest absolute Gasteiger partial charge is 0.323 e. The third-order valence-corrected chi connectivity index (χ3v) is 6.42. The maximum atomic E-state index is 13.3. The summed E-state index contributed by atoms with van der Waals surface area (Å²) in [6.07, 6.45) is 3.08. The first-order valence-electron chi connectivity index (χ1n) is 9.74. The van der Waals surface area contributed by atoms with E-state index in [1.54, 1.807) is 19.1 Å². The molecule has 30 heavy (non-hydrogen) atoms. The van der Waals surface area contributed by atoms with Crippen LogP contribution in [-0.4, -0.2) is 28.8 Å². The highest BCUT2D eigenvalue weighted by atomic mass is 35.5. The number of nitrogens with zero attached hydrogens (tertiary/aromatic N) is 1. The molecule has 1 aliphatic carbocycles. The van der Waals surface area contributed by atoms with E-state index in [2.05, 4.69) is 10.6 Å². The average Bonchev–Trinajstić information content (AvgIpc) is 3.26. The van der Waals surface area contributed by atoms with E-state index >= 15 is 0 Å². The van der Waals surface area contributed by atoms with Gasteiger partial charge >= 0.3 is 6.03 Å². The van der Waals surface area contributed by atoms with Gasteiger partial charge in [-0.05, 0) is 68.0 Å². The number of hydrogen-bond donors (Lipinski definition) is 2. The van der Waals surface area contributed by atoms with Crippen LogP contribution in [-0.2, 0) is 28.0 Å². The summed E-state index contributed by atoms with van der Waals surface area (Å²) in [5.41, 5.74) is 2.29. The van der Waals surface area contributed by atoms with Crippen molar-refractivity contribution in [1.82, 2.24) is 10.2 Å². The normalized spacial score (nSPS) is 21.4. The first-order valence-corrected chi connectivity index (χ1v) is 10.5. The molecule has 2 N–H and O–H groups in total. The van der Waals surface area contributed by atoms with Crippen molar-refractivity contribution in [3.05, 3.63) is 63.1 Å². The second kappa shape index (κ2) is 7.60. The van der Waals surface area contributed by atoms with E-state index in [9.17, 15) is 14.4 Å². The molecule has 2 aromatic rings. The van der Waals surface area contributed by atoms with Crippen molar-refractivity contribution in [1.29, 1.82) is 0 Å². The van der Waals surface area contributed by atoms with Gasteiger partial charge in [0, 0.05) is 5.02 Å². The van der Waals surface area contributed by atoms with Crippen molar-refractivity contribution < 1.29 is 14.4 Å². The Bertz CT molecular complexity index is 1070. The summed E-state index contributed by atoms with van der Waals surface area (Å²) in [7, 11) is 0. The fourth-order valence-corrected chi connectivity index (χ4v) is 4.38. The monoisotopic (exact) mass is 445 g/mol. The van der Waals surface area contributed by atoms with Crippen LogP contribution in [0.15, 0.2) is 36.4 Å². The molecule has 4 rings (SSSR count). The Morgan fingerprint density at radius 2 is 1.87 bits per heavy atom. The fraction of sp³-hybridized carbons (Fsp3) is 0.318. The van der Waals surface area contributed by atoms with Gasteiger partial charge in [0.1, 0.15) is 11.6 Å². The summed E-state index contributed by atoms with van der Waals surface area (Å²) in [5.74, 6) is -1.01. The molecular formula is C22H21Cl2N3O3. The van der Waals surface area contributed by atoms with Gasteiger partial charge in [-0.15, -0.1) is 0 Å². The topological polar surface area (TPSA) is 78.5 Å². The Morgan fingerprint density at radius 1 is 1.13 bits per heavy atom. The molecule has 0 spiro atoms. The van der Waals surface area contributed by atoms with Crippen LogP contribution in [0.2, 0.25) is 10.0 Å².